The molecule has 0 amide bonds. The highest BCUT2D eigenvalue weighted by Gasteiger charge is 2.08. The molecule has 0 aliphatic heterocycles. The van der Waals surface area contributed by atoms with E-state index >= 15 is 0 Å². The number of hydrogen-bond acceptors (Lipinski definition) is 3. The van der Waals surface area contributed by atoms with Crippen LogP contribution in [0.2, 0.25) is 0 Å². The van der Waals surface area contributed by atoms with Gasteiger partial charge in [-0.15, -0.1) is 0 Å². The Balaban J connectivity index is 2.15. The lowest BCUT2D eigenvalue weighted by Crippen LogP contribution is -2.06. The predicted molar refractivity (Wildman–Crippen MR) is 73.1 cm³/mol. The van der Waals surface area contributed by atoms with Crippen LogP contribution in [0.3, 0.4) is 0 Å². The highest BCUT2D eigenvalue weighted by molar-refractivity contribution is 5.49. The van der Waals surface area contributed by atoms with Gasteiger partial charge >= 0.3 is 0 Å². The molecular weight excluding hydrogens is 245 g/mol. The van der Waals surface area contributed by atoms with E-state index in [4.69, 9.17) is 9.84 Å². The first-order valence-corrected chi connectivity index (χ1v) is 5.99. The summed E-state index contributed by atoms with van der Waals surface area (Å²) in [5.41, 5.74) is 1.65. The molecule has 2 aromatic carbocycles. The lowest BCUT2D eigenvalue weighted by atomic mass is 10.1. The van der Waals surface area contributed by atoms with Crippen LogP contribution >= 0.6 is 0 Å². The van der Waals surface area contributed by atoms with Gasteiger partial charge in [0.25, 0.3) is 0 Å². The summed E-state index contributed by atoms with van der Waals surface area (Å²) < 4.78 is 18.4. The smallest absolute Gasteiger partial charge is 0.166 e. The molecule has 0 saturated heterocycles. The zero-order valence-corrected chi connectivity index (χ0v) is 10.9. The van der Waals surface area contributed by atoms with Crippen LogP contribution in [0, 0.1) is 5.82 Å². The predicted octanol–water partition coefficient (Wildman–Crippen LogP) is 3.71. The van der Waals surface area contributed by atoms with Crippen LogP contribution in [-0.4, -0.2) is 12.2 Å². The van der Waals surface area contributed by atoms with Gasteiger partial charge in [-0.3, -0.25) is 0 Å². The van der Waals surface area contributed by atoms with Gasteiger partial charge in [0.15, 0.2) is 11.6 Å². The Morgan fingerprint density at radius 2 is 2.00 bits per heavy atom. The second kappa shape index (κ2) is 5.61. The molecule has 0 bridgehead atoms. The number of anilines is 1. The Kier molecular flexibility index (Phi) is 3.90. The highest BCUT2D eigenvalue weighted by atomic mass is 19.1. The Labute approximate surface area is 111 Å². The number of aromatic hydroxyl groups is 1. The van der Waals surface area contributed by atoms with Gasteiger partial charge in [-0.25, -0.2) is 4.39 Å². The quantitative estimate of drug-likeness (QED) is 0.824. The average molecular weight is 261 g/mol. The molecular formula is C15H16FNO2. The summed E-state index contributed by atoms with van der Waals surface area (Å²) in [6.07, 6.45) is 0. The largest absolute Gasteiger partial charge is 0.505 e. The minimum Gasteiger partial charge on any atom is -0.505 e. The summed E-state index contributed by atoms with van der Waals surface area (Å²) >= 11 is 0. The number of methoxy groups -OCH3 is 1. The minimum absolute atomic E-state index is 0.000886. The lowest BCUT2D eigenvalue weighted by Gasteiger charge is -2.16. The van der Waals surface area contributed by atoms with E-state index in [-0.39, 0.29) is 11.8 Å². The van der Waals surface area contributed by atoms with Crippen LogP contribution in [0.1, 0.15) is 18.5 Å². The Hall–Kier alpha value is -2.23. The fourth-order valence-corrected chi connectivity index (χ4v) is 1.84. The Morgan fingerprint density at radius 1 is 1.21 bits per heavy atom. The maximum Gasteiger partial charge on any atom is 0.166 e. The van der Waals surface area contributed by atoms with Crippen molar-refractivity contribution in [3.05, 3.63) is 53.8 Å². The van der Waals surface area contributed by atoms with Crippen molar-refractivity contribution in [1.29, 1.82) is 0 Å². The number of hydrogen-bond donors (Lipinski definition) is 2. The maximum absolute atomic E-state index is 13.2. The third-order valence-corrected chi connectivity index (χ3v) is 2.92. The third kappa shape index (κ3) is 3.16. The van der Waals surface area contributed by atoms with Crippen molar-refractivity contribution >= 4 is 5.69 Å². The van der Waals surface area contributed by atoms with Gasteiger partial charge in [0.05, 0.1) is 7.11 Å². The summed E-state index contributed by atoms with van der Waals surface area (Å²) in [5, 5.41) is 12.3. The molecule has 0 aromatic heterocycles. The molecule has 1 atom stereocenters. The first-order chi connectivity index (χ1) is 9.10. The van der Waals surface area contributed by atoms with Crippen molar-refractivity contribution in [3.63, 3.8) is 0 Å². The number of rotatable bonds is 4. The number of benzene rings is 2. The second-order valence-corrected chi connectivity index (χ2v) is 4.31. The van der Waals surface area contributed by atoms with Crippen LogP contribution < -0.4 is 10.1 Å². The molecule has 19 heavy (non-hydrogen) atoms. The van der Waals surface area contributed by atoms with Crippen molar-refractivity contribution in [2.45, 2.75) is 13.0 Å². The van der Waals surface area contributed by atoms with Crippen LogP contribution in [0.15, 0.2) is 42.5 Å². The van der Waals surface area contributed by atoms with E-state index in [0.717, 1.165) is 11.3 Å². The van der Waals surface area contributed by atoms with Crippen molar-refractivity contribution in [2.75, 3.05) is 12.4 Å². The molecule has 0 spiro atoms. The maximum atomic E-state index is 13.2. The van der Waals surface area contributed by atoms with E-state index in [2.05, 4.69) is 5.32 Å². The highest BCUT2D eigenvalue weighted by Crippen LogP contribution is 2.25. The van der Waals surface area contributed by atoms with Crippen molar-refractivity contribution < 1.29 is 14.2 Å². The van der Waals surface area contributed by atoms with Gasteiger partial charge in [-0.1, -0.05) is 12.1 Å². The topological polar surface area (TPSA) is 41.5 Å². The van der Waals surface area contributed by atoms with Crippen LogP contribution in [-0.2, 0) is 0 Å². The normalized spacial score (nSPS) is 11.9. The van der Waals surface area contributed by atoms with Gasteiger partial charge < -0.3 is 15.2 Å². The molecule has 0 aliphatic carbocycles. The zero-order valence-electron chi connectivity index (χ0n) is 10.9. The number of halogens is 1. The molecule has 0 saturated carbocycles. The van der Waals surface area contributed by atoms with Gasteiger partial charge in [0.1, 0.15) is 5.75 Å². The molecule has 3 nitrogen and oxygen atoms in total. The van der Waals surface area contributed by atoms with E-state index in [1.54, 1.807) is 13.2 Å². The third-order valence-electron chi connectivity index (χ3n) is 2.92. The molecule has 0 aliphatic rings. The van der Waals surface area contributed by atoms with E-state index in [0.29, 0.717) is 5.69 Å². The summed E-state index contributed by atoms with van der Waals surface area (Å²) in [7, 11) is 1.62. The number of ether oxygens (including phenoxy) is 1. The van der Waals surface area contributed by atoms with E-state index in [1.165, 1.54) is 12.1 Å². The minimum atomic E-state index is -0.636. The first kappa shape index (κ1) is 13.2. The van der Waals surface area contributed by atoms with Crippen molar-refractivity contribution in [2.24, 2.45) is 0 Å². The van der Waals surface area contributed by atoms with Crippen molar-refractivity contribution in [3.8, 4) is 11.5 Å². The molecule has 0 radical (unpaired) electrons. The molecule has 2 N–H and O–H groups in total. The van der Waals surface area contributed by atoms with Gasteiger partial charge in [0, 0.05) is 17.8 Å². The SMILES string of the molecule is COc1cccc(C(C)Nc2ccc(O)c(F)c2)c1. The summed E-state index contributed by atoms with van der Waals surface area (Å²) in [6.45, 7) is 1.97. The lowest BCUT2D eigenvalue weighted by molar-refractivity contribution is 0.414. The van der Waals surface area contributed by atoms with Crippen LogP contribution in [0.5, 0.6) is 11.5 Å². The van der Waals surface area contributed by atoms with E-state index < -0.39 is 5.82 Å². The van der Waals surface area contributed by atoms with Crippen molar-refractivity contribution in [1.82, 2.24) is 0 Å². The van der Waals surface area contributed by atoms with E-state index in [9.17, 15) is 4.39 Å². The van der Waals surface area contributed by atoms with Gasteiger partial charge in [-0.05, 0) is 36.8 Å². The number of phenols is 1. The zero-order chi connectivity index (χ0) is 13.8. The summed E-state index contributed by atoms with van der Waals surface area (Å²) in [6, 6.07) is 11.9. The monoisotopic (exact) mass is 261 g/mol. The fourth-order valence-electron chi connectivity index (χ4n) is 1.84. The van der Waals surface area contributed by atoms with E-state index in [1.807, 2.05) is 31.2 Å². The standard InChI is InChI=1S/C15H16FNO2/c1-10(11-4-3-5-13(8-11)19-2)17-12-6-7-15(18)14(16)9-12/h3-10,17-18H,1-2H3. The molecule has 2 aromatic rings. The second-order valence-electron chi connectivity index (χ2n) is 4.31. The fraction of sp³-hybridized carbons (Fsp3) is 0.200. The molecule has 100 valence electrons. The van der Waals surface area contributed by atoms with Crippen LogP contribution in [0.25, 0.3) is 0 Å². The summed E-state index contributed by atoms with van der Waals surface area (Å²) in [4.78, 5) is 0. The molecule has 0 fully saturated rings. The summed E-state index contributed by atoms with van der Waals surface area (Å²) in [5.74, 6) is -0.203. The first-order valence-electron chi connectivity index (χ1n) is 5.99. The Bertz CT molecular complexity index is 572. The van der Waals surface area contributed by atoms with Crippen LogP contribution in [0.4, 0.5) is 10.1 Å². The number of phenolic OH excluding ortho intramolecular Hbond substituents is 1. The number of nitrogens with one attached hydrogen (secondary N) is 1. The molecule has 0 heterocycles. The Morgan fingerprint density at radius 3 is 2.68 bits per heavy atom. The van der Waals surface area contributed by atoms with Gasteiger partial charge in [0.2, 0.25) is 0 Å². The molecule has 4 heteroatoms. The average Bonchev–Trinajstić information content (AvgIpc) is 2.43. The molecule has 2 rings (SSSR count). The van der Waals surface area contributed by atoms with Gasteiger partial charge in [-0.2, -0.15) is 0 Å². The molecule has 1 unspecified atom stereocenters.